The highest BCUT2D eigenvalue weighted by Crippen LogP contribution is 2.48. The highest BCUT2D eigenvalue weighted by molar-refractivity contribution is 7.62. The van der Waals surface area contributed by atoms with E-state index in [0.29, 0.717) is 16.6 Å². The summed E-state index contributed by atoms with van der Waals surface area (Å²) >= 11 is 0. The van der Waals surface area contributed by atoms with Crippen LogP contribution < -0.4 is 5.30 Å². The number of fused-ring (bicyclic) bond motifs is 1. The fraction of sp³-hybridized carbons (Fsp3) is 0. The normalized spacial score (nSPS) is 23.7. The molecule has 0 radical (unpaired) electrons. The third-order valence-corrected chi connectivity index (χ3v) is 4.06. The standard InChI is InChI=1S/C13H10NO3P/c15-18(16)12-9-5-4-8-11(12)13(17-18)14-10-6-2-1-3-7-10/h1-9H,(H,15,16). The predicted octanol–water partition coefficient (Wildman–Crippen LogP) is 2.61. The Kier molecular flexibility index (Phi) is 2.54. The molecule has 0 saturated heterocycles. The van der Waals surface area contributed by atoms with Crippen LogP contribution in [0.4, 0.5) is 5.69 Å². The third kappa shape index (κ3) is 1.86. The minimum Gasteiger partial charge on any atom is -0.402 e. The zero-order chi connectivity index (χ0) is 12.6. The van der Waals surface area contributed by atoms with Gasteiger partial charge in [0, 0.05) is 0 Å². The third-order valence-electron chi connectivity index (χ3n) is 2.64. The maximum Gasteiger partial charge on any atom is 0.410 e. The molecule has 0 spiro atoms. The molecule has 1 atom stereocenters. The van der Waals surface area contributed by atoms with Gasteiger partial charge in [0.05, 0.1) is 16.6 Å². The van der Waals surface area contributed by atoms with E-state index < -0.39 is 7.60 Å². The number of aliphatic imine (C=N–C) groups is 1. The van der Waals surface area contributed by atoms with Gasteiger partial charge in [-0.2, -0.15) is 0 Å². The van der Waals surface area contributed by atoms with Gasteiger partial charge in [-0.05, 0) is 24.3 Å². The van der Waals surface area contributed by atoms with Crippen molar-refractivity contribution >= 4 is 24.5 Å². The molecule has 0 aromatic heterocycles. The minimum atomic E-state index is -3.76. The SMILES string of the molecule is O=P1(O)OC(=Nc2ccccc2)c2ccccc21. The van der Waals surface area contributed by atoms with Gasteiger partial charge in [0.15, 0.2) is 0 Å². The Hall–Kier alpha value is -1.90. The summed E-state index contributed by atoms with van der Waals surface area (Å²) in [6.07, 6.45) is 0. The smallest absolute Gasteiger partial charge is 0.402 e. The van der Waals surface area contributed by atoms with Crippen LogP contribution in [0.2, 0.25) is 0 Å². The quantitative estimate of drug-likeness (QED) is 0.801. The van der Waals surface area contributed by atoms with Crippen LogP contribution in [-0.4, -0.2) is 10.8 Å². The van der Waals surface area contributed by atoms with Crippen molar-refractivity contribution in [3.8, 4) is 0 Å². The van der Waals surface area contributed by atoms with Gasteiger partial charge in [0.25, 0.3) is 0 Å². The molecule has 4 nitrogen and oxygen atoms in total. The molecule has 1 aliphatic rings. The largest absolute Gasteiger partial charge is 0.410 e. The van der Waals surface area contributed by atoms with Crippen LogP contribution in [0, 0.1) is 0 Å². The topological polar surface area (TPSA) is 58.9 Å². The lowest BCUT2D eigenvalue weighted by Gasteiger charge is -2.02. The second-order valence-corrected chi connectivity index (χ2v) is 5.59. The van der Waals surface area contributed by atoms with E-state index in [-0.39, 0.29) is 5.90 Å². The molecule has 0 amide bonds. The zero-order valence-electron chi connectivity index (χ0n) is 9.35. The summed E-state index contributed by atoms with van der Waals surface area (Å²) in [5, 5.41) is 0.305. The van der Waals surface area contributed by atoms with E-state index in [2.05, 4.69) is 4.99 Å². The lowest BCUT2D eigenvalue weighted by Crippen LogP contribution is -2.03. The van der Waals surface area contributed by atoms with Crippen molar-refractivity contribution in [3.05, 3.63) is 60.2 Å². The molecular weight excluding hydrogens is 249 g/mol. The van der Waals surface area contributed by atoms with Gasteiger partial charge in [-0.15, -0.1) is 0 Å². The van der Waals surface area contributed by atoms with Gasteiger partial charge in [0.1, 0.15) is 0 Å². The van der Waals surface area contributed by atoms with Crippen LogP contribution in [0.5, 0.6) is 0 Å². The van der Waals surface area contributed by atoms with Crippen molar-refractivity contribution in [2.75, 3.05) is 0 Å². The molecule has 90 valence electrons. The number of para-hydroxylation sites is 1. The Morgan fingerprint density at radius 2 is 1.67 bits per heavy atom. The highest BCUT2D eigenvalue weighted by Gasteiger charge is 2.38. The van der Waals surface area contributed by atoms with Crippen molar-refractivity contribution in [2.24, 2.45) is 4.99 Å². The molecule has 1 heterocycles. The molecule has 1 unspecified atom stereocenters. The Morgan fingerprint density at radius 1 is 1.00 bits per heavy atom. The molecule has 2 aromatic rings. The second kappa shape index (κ2) is 4.09. The van der Waals surface area contributed by atoms with Crippen LogP contribution in [0.1, 0.15) is 5.56 Å². The summed E-state index contributed by atoms with van der Waals surface area (Å²) in [5.41, 5.74) is 1.26. The van der Waals surface area contributed by atoms with Crippen molar-refractivity contribution < 1.29 is 14.0 Å². The van der Waals surface area contributed by atoms with E-state index >= 15 is 0 Å². The summed E-state index contributed by atoms with van der Waals surface area (Å²) in [6.45, 7) is 0. The molecule has 0 fully saturated rings. The Balaban J connectivity index is 2.12. The molecular formula is C13H10NO3P. The van der Waals surface area contributed by atoms with Gasteiger partial charge < -0.3 is 9.42 Å². The summed E-state index contributed by atoms with van der Waals surface area (Å²) in [5.74, 6) is 0.197. The van der Waals surface area contributed by atoms with E-state index in [0.717, 1.165) is 0 Å². The van der Waals surface area contributed by atoms with Crippen molar-refractivity contribution in [2.45, 2.75) is 0 Å². The van der Waals surface area contributed by atoms with E-state index in [4.69, 9.17) is 4.52 Å². The number of hydrogen-bond acceptors (Lipinski definition) is 3. The van der Waals surface area contributed by atoms with E-state index in [1.54, 1.807) is 36.4 Å². The fourth-order valence-corrected chi connectivity index (χ4v) is 3.04. The molecule has 1 aliphatic heterocycles. The van der Waals surface area contributed by atoms with Gasteiger partial charge in [0.2, 0.25) is 5.90 Å². The van der Waals surface area contributed by atoms with Gasteiger partial charge >= 0.3 is 7.60 Å². The first-order valence-electron chi connectivity index (χ1n) is 5.43. The Labute approximate surface area is 104 Å². The molecule has 5 heteroatoms. The summed E-state index contributed by atoms with van der Waals surface area (Å²) in [7, 11) is -3.76. The van der Waals surface area contributed by atoms with Crippen LogP contribution >= 0.6 is 7.60 Å². The number of hydrogen-bond donors (Lipinski definition) is 1. The summed E-state index contributed by atoms with van der Waals surface area (Å²) in [6, 6.07) is 16.0. The average Bonchev–Trinajstić information content (AvgIpc) is 2.63. The van der Waals surface area contributed by atoms with Crippen LogP contribution in [0.25, 0.3) is 0 Å². The molecule has 18 heavy (non-hydrogen) atoms. The molecule has 0 saturated carbocycles. The van der Waals surface area contributed by atoms with Crippen LogP contribution in [0.15, 0.2) is 59.6 Å². The molecule has 3 rings (SSSR count). The molecule has 0 aliphatic carbocycles. The number of nitrogens with zero attached hydrogens (tertiary/aromatic N) is 1. The first-order valence-corrected chi connectivity index (χ1v) is 7.01. The first-order chi connectivity index (χ1) is 8.67. The van der Waals surface area contributed by atoms with Gasteiger partial charge in [-0.3, -0.25) is 0 Å². The molecule has 1 N–H and O–H groups in total. The van der Waals surface area contributed by atoms with Gasteiger partial charge in [-0.25, -0.2) is 9.56 Å². The Morgan fingerprint density at radius 3 is 2.44 bits per heavy atom. The van der Waals surface area contributed by atoms with E-state index in [1.807, 2.05) is 18.2 Å². The van der Waals surface area contributed by atoms with Crippen molar-refractivity contribution in [1.82, 2.24) is 0 Å². The van der Waals surface area contributed by atoms with Gasteiger partial charge in [-0.1, -0.05) is 30.3 Å². The molecule has 0 bridgehead atoms. The Bertz CT molecular complexity index is 667. The zero-order valence-corrected chi connectivity index (χ0v) is 10.2. The fourth-order valence-electron chi connectivity index (χ4n) is 1.82. The van der Waals surface area contributed by atoms with Crippen molar-refractivity contribution in [1.29, 1.82) is 0 Å². The number of benzene rings is 2. The van der Waals surface area contributed by atoms with Crippen molar-refractivity contribution in [3.63, 3.8) is 0 Å². The molecule has 2 aromatic carbocycles. The minimum absolute atomic E-state index is 0.197. The maximum atomic E-state index is 11.9. The summed E-state index contributed by atoms with van der Waals surface area (Å²) < 4.78 is 17.0. The highest BCUT2D eigenvalue weighted by atomic mass is 31.2. The lowest BCUT2D eigenvalue weighted by atomic mass is 10.2. The average molecular weight is 259 g/mol. The van der Waals surface area contributed by atoms with Crippen LogP contribution in [0.3, 0.4) is 0 Å². The second-order valence-electron chi connectivity index (χ2n) is 3.88. The summed E-state index contributed by atoms with van der Waals surface area (Å²) in [4.78, 5) is 14.0. The van der Waals surface area contributed by atoms with Crippen LogP contribution in [-0.2, 0) is 9.09 Å². The first kappa shape index (κ1) is 11.2. The predicted molar refractivity (Wildman–Crippen MR) is 69.6 cm³/mol. The lowest BCUT2D eigenvalue weighted by molar-refractivity contribution is 0.395. The van der Waals surface area contributed by atoms with E-state index in [1.165, 1.54) is 0 Å². The van der Waals surface area contributed by atoms with E-state index in [9.17, 15) is 9.46 Å². The monoisotopic (exact) mass is 259 g/mol. The maximum absolute atomic E-state index is 11.9. The number of rotatable bonds is 1.